The zero-order valence-electron chi connectivity index (χ0n) is 12.1. The number of hydrogen-bond acceptors (Lipinski definition) is 2. The van der Waals surface area contributed by atoms with E-state index in [2.05, 4.69) is 31.0 Å². The summed E-state index contributed by atoms with van der Waals surface area (Å²) in [6, 6.07) is 0.644. The van der Waals surface area contributed by atoms with Crippen molar-refractivity contribution < 1.29 is 1.43 Å². The maximum atomic E-state index is 3.50. The molecule has 1 heterocycles. The molecule has 1 N–H and O–H groups in total. The SMILES string of the molecule is CC.CCN1CCC(CCNC(C)C)CC1.[HH]. The first-order chi connectivity index (χ1) is 7.72. The molecule has 1 aliphatic rings. The van der Waals surface area contributed by atoms with Crippen LogP contribution in [-0.2, 0) is 0 Å². The smallest absolute Gasteiger partial charge is 0.00103 e. The normalized spacial score (nSPS) is 18.4. The standard InChI is InChI=1S/C12H26N2.C2H6.H2/c1-4-14-9-6-12(7-10-14)5-8-13-11(2)3;1-2;/h11-13H,4-10H2,1-3H3;1-2H3;1H. The molecule has 0 unspecified atom stereocenters. The third-order valence-corrected chi connectivity index (χ3v) is 3.26. The fraction of sp³-hybridized carbons (Fsp3) is 1.00. The molecule has 0 amide bonds. The van der Waals surface area contributed by atoms with E-state index in [4.69, 9.17) is 0 Å². The topological polar surface area (TPSA) is 15.3 Å². The minimum Gasteiger partial charge on any atom is -0.315 e. The zero-order valence-corrected chi connectivity index (χ0v) is 12.1. The summed E-state index contributed by atoms with van der Waals surface area (Å²) < 4.78 is 0. The van der Waals surface area contributed by atoms with Crippen LogP contribution in [0.1, 0.15) is 55.3 Å². The fourth-order valence-corrected chi connectivity index (χ4v) is 2.17. The summed E-state index contributed by atoms with van der Waals surface area (Å²) >= 11 is 0. The summed E-state index contributed by atoms with van der Waals surface area (Å²) in [6.45, 7) is 15.8. The van der Waals surface area contributed by atoms with Gasteiger partial charge in [-0.15, -0.1) is 0 Å². The lowest BCUT2D eigenvalue weighted by Gasteiger charge is -2.31. The Bertz CT molecular complexity index is 143. The molecule has 0 aliphatic carbocycles. The third kappa shape index (κ3) is 7.24. The molecule has 0 aromatic heterocycles. The molecule has 1 saturated heterocycles. The molecule has 0 saturated carbocycles. The van der Waals surface area contributed by atoms with Gasteiger partial charge in [-0.2, -0.15) is 0 Å². The van der Waals surface area contributed by atoms with Crippen molar-refractivity contribution >= 4 is 0 Å². The molecular weight excluding hydrogens is 196 g/mol. The van der Waals surface area contributed by atoms with E-state index in [9.17, 15) is 0 Å². The molecule has 0 radical (unpaired) electrons. The Balaban J connectivity index is 0. The second kappa shape index (κ2) is 10.1. The summed E-state index contributed by atoms with van der Waals surface area (Å²) in [5.41, 5.74) is 0. The van der Waals surface area contributed by atoms with E-state index in [1.807, 2.05) is 13.8 Å². The van der Waals surface area contributed by atoms with Gasteiger partial charge in [0.25, 0.3) is 0 Å². The molecule has 100 valence electrons. The Morgan fingerprint density at radius 1 is 1.25 bits per heavy atom. The number of nitrogens with one attached hydrogen (secondary N) is 1. The molecule has 16 heavy (non-hydrogen) atoms. The van der Waals surface area contributed by atoms with Crippen LogP contribution >= 0.6 is 0 Å². The van der Waals surface area contributed by atoms with E-state index in [-0.39, 0.29) is 1.43 Å². The highest BCUT2D eigenvalue weighted by Gasteiger charge is 2.17. The highest BCUT2D eigenvalue weighted by molar-refractivity contribution is 4.72. The van der Waals surface area contributed by atoms with Crippen molar-refractivity contribution in [1.29, 1.82) is 0 Å². The van der Waals surface area contributed by atoms with Crippen molar-refractivity contribution in [3.8, 4) is 0 Å². The first kappa shape index (κ1) is 15.9. The molecule has 2 nitrogen and oxygen atoms in total. The number of likely N-dealkylation sites (tertiary alicyclic amines) is 1. The molecule has 0 aromatic rings. The van der Waals surface area contributed by atoms with Gasteiger partial charge in [0.2, 0.25) is 0 Å². The van der Waals surface area contributed by atoms with E-state index in [0.29, 0.717) is 6.04 Å². The second-order valence-corrected chi connectivity index (χ2v) is 4.78. The van der Waals surface area contributed by atoms with Crippen LogP contribution in [0.4, 0.5) is 0 Å². The minimum absolute atomic E-state index is 0. The molecule has 1 fully saturated rings. The number of rotatable bonds is 5. The van der Waals surface area contributed by atoms with Gasteiger partial charge in [-0.1, -0.05) is 34.6 Å². The molecule has 1 aliphatic heterocycles. The Morgan fingerprint density at radius 2 is 1.81 bits per heavy atom. The van der Waals surface area contributed by atoms with Crippen molar-refractivity contribution in [3.05, 3.63) is 0 Å². The first-order valence-electron chi connectivity index (χ1n) is 7.18. The molecular formula is C14H34N2. The monoisotopic (exact) mass is 230 g/mol. The Hall–Kier alpha value is -0.0800. The highest BCUT2D eigenvalue weighted by Crippen LogP contribution is 2.19. The van der Waals surface area contributed by atoms with E-state index < -0.39 is 0 Å². The van der Waals surface area contributed by atoms with Crippen LogP contribution in [0.2, 0.25) is 0 Å². The lowest BCUT2D eigenvalue weighted by molar-refractivity contribution is 0.186. The zero-order chi connectivity index (χ0) is 12.4. The number of nitrogens with zero attached hydrogens (tertiary/aromatic N) is 1. The van der Waals surface area contributed by atoms with Crippen molar-refractivity contribution in [1.82, 2.24) is 10.2 Å². The highest BCUT2D eigenvalue weighted by atomic mass is 15.1. The average molecular weight is 230 g/mol. The van der Waals surface area contributed by atoms with Gasteiger partial charge in [0.1, 0.15) is 0 Å². The lowest BCUT2D eigenvalue weighted by atomic mass is 9.93. The maximum Gasteiger partial charge on any atom is 0.00103 e. The van der Waals surface area contributed by atoms with Gasteiger partial charge in [-0.25, -0.2) is 0 Å². The van der Waals surface area contributed by atoms with E-state index in [0.717, 1.165) is 5.92 Å². The number of piperidine rings is 1. The predicted molar refractivity (Wildman–Crippen MR) is 76.1 cm³/mol. The largest absolute Gasteiger partial charge is 0.315 e. The summed E-state index contributed by atoms with van der Waals surface area (Å²) in [5, 5.41) is 3.50. The van der Waals surface area contributed by atoms with Crippen LogP contribution in [0.15, 0.2) is 0 Å². The van der Waals surface area contributed by atoms with Gasteiger partial charge < -0.3 is 10.2 Å². The molecule has 0 aromatic carbocycles. The molecule has 0 atom stereocenters. The van der Waals surface area contributed by atoms with Crippen LogP contribution in [0.25, 0.3) is 0 Å². The average Bonchev–Trinajstić information content (AvgIpc) is 2.32. The summed E-state index contributed by atoms with van der Waals surface area (Å²) in [5.74, 6) is 0.976. The second-order valence-electron chi connectivity index (χ2n) is 4.78. The van der Waals surface area contributed by atoms with Crippen molar-refractivity contribution in [2.24, 2.45) is 5.92 Å². The van der Waals surface area contributed by atoms with E-state index in [1.165, 1.54) is 45.4 Å². The van der Waals surface area contributed by atoms with Crippen LogP contribution in [0.3, 0.4) is 0 Å². The molecule has 1 rings (SSSR count). The van der Waals surface area contributed by atoms with Gasteiger partial charge >= 0.3 is 0 Å². The lowest BCUT2D eigenvalue weighted by Crippen LogP contribution is -2.35. The Morgan fingerprint density at radius 3 is 2.25 bits per heavy atom. The summed E-state index contributed by atoms with van der Waals surface area (Å²) in [6.07, 6.45) is 4.19. The van der Waals surface area contributed by atoms with Crippen molar-refractivity contribution in [2.45, 2.75) is 59.9 Å². The van der Waals surface area contributed by atoms with E-state index in [1.54, 1.807) is 0 Å². The summed E-state index contributed by atoms with van der Waals surface area (Å²) in [7, 11) is 0. The van der Waals surface area contributed by atoms with Crippen LogP contribution in [-0.4, -0.2) is 37.1 Å². The van der Waals surface area contributed by atoms with Crippen LogP contribution in [0.5, 0.6) is 0 Å². The van der Waals surface area contributed by atoms with Gasteiger partial charge in [0, 0.05) is 7.47 Å². The van der Waals surface area contributed by atoms with Crippen molar-refractivity contribution in [3.63, 3.8) is 0 Å². The minimum atomic E-state index is 0. The third-order valence-electron chi connectivity index (χ3n) is 3.26. The number of hydrogen-bond donors (Lipinski definition) is 1. The molecule has 0 spiro atoms. The Labute approximate surface area is 104 Å². The van der Waals surface area contributed by atoms with Crippen LogP contribution in [0, 0.1) is 5.92 Å². The van der Waals surface area contributed by atoms with Gasteiger partial charge in [-0.05, 0) is 51.4 Å². The van der Waals surface area contributed by atoms with Gasteiger partial charge in [0.15, 0.2) is 0 Å². The molecule has 2 heteroatoms. The quantitative estimate of drug-likeness (QED) is 0.779. The Kier molecular flexibility index (Phi) is 10.0. The molecule has 0 bridgehead atoms. The fourth-order valence-electron chi connectivity index (χ4n) is 2.17. The predicted octanol–water partition coefficient (Wildman–Crippen LogP) is 3.38. The van der Waals surface area contributed by atoms with E-state index >= 15 is 0 Å². The first-order valence-corrected chi connectivity index (χ1v) is 7.18. The van der Waals surface area contributed by atoms with Gasteiger partial charge in [0.05, 0.1) is 0 Å². The van der Waals surface area contributed by atoms with Crippen molar-refractivity contribution in [2.75, 3.05) is 26.2 Å². The van der Waals surface area contributed by atoms with Gasteiger partial charge in [-0.3, -0.25) is 0 Å². The maximum absolute atomic E-state index is 3.50. The van der Waals surface area contributed by atoms with Crippen LogP contribution < -0.4 is 5.32 Å². The summed E-state index contributed by atoms with van der Waals surface area (Å²) in [4.78, 5) is 2.56.